The number of methoxy groups -OCH3 is 1. The van der Waals surface area contributed by atoms with Crippen molar-refractivity contribution in [3.05, 3.63) is 90.0 Å². The molecule has 0 saturated heterocycles. The number of aliphatic hydroxyl groups is 1. The van der Waals surface area contributed by atoms with Gasteiger partial charge in [-0.25, -0.2) is 0 Å². The van der Waals surface area contributed by atoms with Crippen LogP contribution in [0.3, 0.4) is 0 Å². The molecule has 0 bridgehead atoms. The van der Waals surface area contributed by atoms with Crippen LogP contribution in [0.25, 0.3) is 21.5 Å². The van der Waals surface area contributed by atoms with Gasteiger partial charge in [-0.05, 0) is 63.4 Å². The van der Waals surface area contributed by atoms with Gasteiger partial charge in [0.15, 0.2) is 0 Å². The topological polar surface area (TPSA) is 66.8 Å². The lowest BCUT2D eigenvalue weighted by Gasteiger charge is -2.28. The third kappa shape index (κ3) is 5.98. The third-order valence-electron chi connectivity index (χ3n) is 6.54. The molecule has 35 heavy (non-hydrogen) atoms. The number of thioether (sulfide) groups is 1. The minimum atomic E-state index is -0.739. The zero-order valence-corrected chi connectivity index (χ0v) is 20.8. The van der Waals surface area contributed by atoms with E-state index in [1.807, 2.05) is 23.9 Å². The van der Waals surface area contributed by atoms with Gasteiger partial charge >= 0.3 is 5.97 Å². The van der Waals surface area contributed by atoms with Crippen molar-refractivity contribution < 1.29 is 19.7 Å². The van der Waals surface area contributed by atoms with Crippen LogP contribution in [0.2, 0.25) is 0 Å². The van der Waals surface area contributed by atoms with E-state index in [0.717, 1.165) is 35.5 Å². The summed E-state index contributed by atoms with van der Waals surface area (Å²) in [6.07, 6.45) is 2.75. The lowest BCUT2D eigenvalue weighted by molar-refractivity contribution is -0.137. The van der Waals surface area contributed by atoms with Crippen LogP contribution < -0.4 is 4.74 Å². The summed E-state index contributed by atoms with van der Waals surface area (Å²) in [6, 6.07) is 27.2. The minimum Gasteiger partial charge on any atom is -0.497 e. The zero-order chi connectivity index (χ0) is 24.6. The first-order chi connectivity index (χ1) is 17.1. The van der Waals surface area contributed by atoms with E-state index in [4.69, 9.17) is 9.84 Å². The first-order valence-corrected chi connectivity index (χ1v) is 13.2. The maximum Gasteiger partial charge on any atom is 0.303 e. The van der Waals surface area contributed by atoms with Crippen LogP contribution in [-0.4, -0.2) is 35.7 Å². The maximum atomic E-state index is 10.8. The van der Waals surface area contributed by atoms with E-state index in [0.29, 0.717) is 6.42 Å². The molecule has 0 aromatic heterocycles. The van der Waals surface area contributed by atoms with Crippen molar-refractivity contribution in [2.45, 2.75) is 36.9 Å². The molecule has 0 aliphatic carbocycles. The number of benzene rings is 4. The fraction of sp³-hybridized carbons (Fsp3) is 0.300. The molecule has 0 aliphatic rings. The average Bonchev–Trinajstić information content (AvgIpc) is 2.89. The number of ether oxygens (including phenoxy) is 1. The van der Waals surface area contributed by atoms with Crippen molar-refractivity contribution in [3.63, 3.8) is 0 Å². The van der Waals surface area contributed by atoms with Crippen molar-refractivity contribution in [1.29, 1.82) is 0 Å². The van der Waals surface area contributed by atoms with Gasteiger partial charge in [-0.2, -0.15) is 11.8 Å². The van der Waals surface area contributed by atoms with Gasteiger partial charge in [0.05, 0.1) is 13.7 Å². The minimum absolute atomic E-state index is 0.0328. The van der Waals surface area contributed by atoms with Crippen molar-refractivity contribution in [1.82, 2.24) is 0 Å². The van der Waals surface area contributed by atoms with Gasteiger partial charge < -0.3 is 14.9 Å². The Morgan fingerprint density at radius 2 is 1.57 bits per heavy atom. The fourth-order valence-electron chi connectivity index (χ4n) is 4.75. The third-order valence-corrected chi connectivity index (χ3v) is 8.02. The number of aliphatic carboxylic acids is 1. The lowest BCUT2D eigenvalue weighted by Crippen LogP contribution is -2.14. The normalized spacial score (nSPS) is 13.1. The number of carboxylic acids is 1. The van der Waals surface area contributed by atoms with Crippen LogP contribution in [0.4, 0.5) is 0 Å². The van der Waals surface area contributed by atoms with Crippen LogP contribution in [0.5, 0.6) is 5.75 Å². The molecule has 4 rings (SSSR count). The Balaban J connectivity index is 1.70. The number of fused-ring (bicyclic) bond motifs is 3. The molecule has 2 N–H and O–H groups in total. The van der Waals surface area contributed by atoms with Crippen LogP contribution in [0.1, 0.15) is 48.0 Å². The predicted molar refractivity (Wildman–Crippen MR) is 146 cm³/mol. The van der Waals surface area contributed by atoms with Crippen LogP contribution in [0, 0.1) is 0 Å². The Morgan fingerprint density at radius 1 is 0.886 bits per heavy atom. The van der Waals surface area contributed by atoms with E-state index in [1.54, 1.807) is 7.11 Å². The van der Waals surface area contributed by atoms with Gasteiger partial charge in [-0.15, -0.1) is 0 Å². The molecule has 4 aromatic rings. The molecular formula is C30H32O4S. The molecule has 2 unspecified atom stereocenters. The molecule has 0 spiro atoms. The van der Waals surface area contributed by atoms with Gasteiger partial charge in [-0.1, -0.05) is 73.2 Å². The van der Waals surface area contributed by atoms with Crippen molar-refractivity contribution >= 4 is 39.3 Å². The fourth-order valence-corrected chi connectivity index (χ4v) is 6.19. The SMILES string of the molecule is COc1ccc(C(SCCCCCC(=O)O)C(CO)c2cc3ccccc3c3ccccc23)cc1. The second-order valence-corrected chi connectivity index (χ2v) is 10.0. The Kier molecular flexibility index (Phi) is 8.67. The van der Waals surface area contributed by atoms with Crippen molar-refractivity contribution in [3.8, 4) is 5.75 Å². The van der Waals surface area contributed by atoms with Crippen molar-refractivity contribution in [2.75, 3.05) is 19.5 Å². The molecule has 0 saturated carbocycles. The average molecular weight is 489 g/mol. The quantitative estimate of drug-likeness (QED) is 0.163. The lowest BCUT2D eigenvalue weighted by atomic mass is 9.86. The molecule has 4 aromatic carbocycles. The molecule has 0 fully saturated rings. The van der Waals surface area contributed by atoms with E-state index >= 15 is 0 Å². The summed E-state index contributed by atoms with van der Waals surface area (Å²) in [6.45, 7) is 0.0328. The molecule has 0 amide bonds. The Hall–Kier alpha value is -3.02. The highest BCUT2D eigenvalue weighted by molar-refractivity contribution is 7.99. The summed E-state index contributed by atoms with van der Waals surface area (Å²) >= 11 is 1.84. The largest absolute Gasteiger partial charge is 0.497 e. The van der Waals surface area contributed by atoms with E-state index in [-0.39, 0.29) is 24.2 Å². The van der Waals surface area contributed by atoms with E-state index in [2.05, 4.69) is 66.7 Å². The number of carboxylic acid groups (broad SMARTS) is 1. The molecule has 2 atom stereocenters. The number of aliphatic hydroxyl groups excluding tert-OH is 1. The molecule has 0 radical (unpaired) electrons. The van der Waals surface area contributed by atoms with Gasteiger partial charge in [0.2, 0.25) is 0 Å². The highest BCUT2D eigenvalue weighted by Crippen LogP contribution is 2.45. The second kappa shape index (κ2) is 12.1. The molecular weight excluding hydrogens is 456 g/mol. The molecule has 182 valence electrons. The van der Waals surface area contributed by atoms with Gasteiger partial charge in [0.1, 0.15) is 5.75 Å². The Morgan fingerprint density at radius 3 is 2.26 bits per heavy atom. The molecule has 4 nitrogen and oxygen atoms in total. The number of carbonyl (C=O) groups is 1. The summed E-state index contributed by atoms with van der Waals surface area (Å²) in [5.41, 5.74) is 2.30. The number of hydrogen-bond donors (Lipinski definition) is 2. The summed E-state index contributed by atoms with van der Waals surface area (Å²) in [5.74, 6) is 0.875. The van der Waals surface area contributed by atoms with Crippen molar-refractivity contribution in [2.24, 2.45) is 0 Å². The van der Waals surface area contributed by atoms with Gasteiger partial charge in [0.25, 0.3) is 0 Å². The summed E-state index contributed by atoms with van der Waals surface area (Å²) in [5, 5.41) is 24.5. The molecule has 5 heteroatoms. The predicted octanol–water partition coefficient (Wildman–Crippen LogP) is 7.20. The van der Waals surface area contributed by atoms with E-state index in [9.17, 15) is 9.90 Å². The summed E-state index contributed by atoms with van der Waals surface area (Å²) < 4.78 is 5.37. The highest BCUT2D eigenvalue weighted by Gasteiger charge is 2.27. The van der Waals surface area contributed by atoms with E-state index in [1.165, 1.54) is 21.5 Å². The molecule has 0 heterocycles. The summed E-state index contributed by atoms with van der Waals surface area (Å²) in [4.78, 5) is 10.8. The molecule has 0 aliphatic heterocycles. The highest BCUT2D eigenvalue weighted by atomic mass is 32.2. The summed E-state index contributed by atoms with van der Waals surface area (Å²) in [7, 11) is 1.66. The van der Waals surface area contributed by atoms with Gasteiger partial charge in [-0.3, -0.25) is 4.79 Å². The standard InChI is InChI=1S/C30H32O4S/c1-34-23-16-14-21(15-17-23)30(35-18-8-2-3-13-29(32)33)28(20-31)27-19-22-9-4-5-10-24(22)25-11-6-7-12-26(25)27/h4-7,9-12,14-17,19,28,30-31H,2-3,8,13,18,20H2,1H3,(H,32,33). The van der Waals surface area contributed by atoms with Crippen LogP contribution in [0.15, 0.2) is 78.9 Å². The zero-order valence-electron chi connectivity index (χ0n) is 20.0. The Bertz CT molecular complexity index is 1270. The first-order valence-electron chi connectivity index (χ1n) is 12.1. The van der Waals surface area contributed by atoms with Crippen LogP contribution >= 0.6 is 11.8 Å². The number of rotatable bonds is 12. The van der Waals surface area contributed by atoms with Crippen LogP contribution in [-0.2, 0) is 4.79 Å². The number of hydrogen-bond acceptors (Lipinski definition) is 4. The van der Waals surface area contributed by atoms with E-state index < -0.39 is 5.97 Å². The Labute approximate surface area is 210 Å². The first kappa shape index (κ1) is 25.1. The monoisotopic (exact) mass is 488 g/mol. The maximum absolute atomic E-state index is 10.8. The van der Waals surface area contributed by atoms with Gasteiger partial charge in [0, 0.05) is 17.6 Å². The second-order valence-electron chi connectivity index (χ2n) is 8.79. The smallest absolute Gasteiger partial charge is 0.303 e. The number of unbranched alkanes of at least 4 members (excludes halogenated alkanes) is 2.